The predicted octanol–water partition coefficient (Wildman–Crippen LogP) is 2.58. The number of hydrogen-bond donors (Lipinski definition) is 1. The second kappa shape index (κ2) is 7.56. The first-order chi connectivity index (χ1) is 10.2. The molecule has 116 valence electrons. The molecule has 0 bridgehead atoms. The molecule has 0 saturated heterocycles. The number of nitrogens with zero attached hydrogens (tertiary/aromatic N) is 4. The molecule has 0 spiro atoms. The molecule has 0 aromatic carbocycles. The van der Waals surface area contributed by atoms with Crippen molar-refractivity contribution in [2.24, 2.45) is 7.05 Å². The van der Waals surface area contributed by atoms with E-state index in [1.54, 1.807) is 11.3 Å². The van der Waals surface area contributed by atoms with Crippen LogP contribution < -0.4 is 10.2 Å². The van der Waals surface area contributed by atoms with Crippen LogP contribution in [0.25, 0.3) is 0 Å². The summed E-state index contributed by atoms with van der Waals surface area (Å²) < 4.78 is 2.05. The van der Waals surface area contributed by atoms with Crippen LogP contribution in [0.2, 0.25) is 0 Å². The summed E-state index contributed by atoms with van der Waals surface area (Å²) in [5.41, 5.74) is 1.24. The lowest BCUT2D eigenvalue weighted by atomic mass is 10.2. The molecular formula is C15H25N5S. The van der Waals surface area contributed by atoms with Gasteiger partial charge in [-0.2, -0.15) is 0 Å². The van der Waals surface area contributed by atoms with E-state index in [0.717, 1.165) is 43.4 Å². The third kappa shape index (κ3) is 4.04. The van der Waals surface area contributed by atoms with Crippen molar-refractivity contribution in [2.75, 3.05) is 18.5 Å². The van der Waals surface area contributed by atoms with Crippen LogP contribution in [0.5, 0.6) is 0 Å². The van der Waals surface area contributed by atoms with Crippen LogP contribution in [0.1, 0.15) is 36.7 Å². The third-order valence-electron chi connectivity index (χ3n) is 3.42. The summed E-state index contributed by atoms with van der Waals surface area (Å²) in [6, 6.07) is 0. The Bertz CT molecular complexity index is 560. The van der Waals surface area contributed by atoms with E-state index in [-0.39, 0.29) is 0 Å². The monoisotopic (exact) mass is 307 g/mol. The van der Waals surface area contributed by atoms with Crippen molar-refractivity contribution in [3.63, 3.8) is 0 Å². The van der Waals surface area contributed by atoms with E-state index in [0.29, 0.717) is 0 Å². The fourth-order valence-corrected chi connectivity index (χ4v) is 3.21. The van der Waals surface area contributed by atoms with Gasteiger partial charge in [0, 0.05) is 37.9 Å². The van der Waals surface area contributed by atoms with Gasteiger partial charge < -0.3 is 14.8 Å². The van der Waals surface area contributed by atoms with Crippen molar-refractivity contribution in [3.8, 4) is 0 Å². The van der Waals surface area contributed by atoms with Gasteiger partial charge in [-0.1, -0.05) is 20.3 Å². The molecular weight excluding hydrogens is 282 g/mol. The number of hydrogen-bond acceptors (Lipinski definition) is 5. The molecule has 0 aliphatic rings. The maximum atomic E-state index is 4.83. The van der Waals surface area contributed by atoms with Crippen LogP contribution in [-0.2, 0) is 26.6 Å². The lowest BCUT2D eigenvalue weighted by Crippen LogP contribution is -2.18. The second-order valence-electron chi connectivity index (χ2n) is 5.21. The summed E-state index contributed by atoms with van der Waals surface area (Å²) in [6.45, 7) is 7.02. The molecule has 2 heterocycles. The van der Waals surface area contributed by atoms with Gasteiger partial charge in [0.25, 0.3) is 0 Å². The van der Waals surface area contributed by atoms with Gasteiger partial charge in [0.1, 0.15) is 5.82 Å². The van der Waals surface area contributed by atoms with E-state index < -0.39 is 0 Å². The lowest BCUT2D eigenvalue weighted by molar-refractivity contribution is 0.722. The molecule has 1 N–H and O–H groups in total. The van der Waals surface area contributed by atoms with Crippen LogP contribution in [0.15, 0.2) is 12.4 Å². The average molecular weight is 307 g/mol. The zero-order chi connectivity index (χ0) is 15.2. The number of thiazole rings is 1. The Morgan fingerprint density at radius 2 is 2.19 bits per heavy atom. The Balaban J connectivity index is 2.12. The smallest absolute Gasteiger partial charge is 0.185 e. The number of anilines is 1. The van der Waals surface area contributed by atoms with Crippen molar-refractivity contribution < 1.29 is 0 Å². The Morgan fingerprint density at radius 3 is 2.81 bits per heavy atom. The molecule has 5 nitrogen and oxygen atoms in total. The molecule has 0 unspecified atom stereocenters. The molecule has 6 heteroatoms. The van der Waals surface area contributed by atoms with Crippen molar-refractivity contribution >= 4 is 16.5 Å². The highest BCUT2D eigenvalue weighted by Crippen LogP contribution is 2.27. The topological polar surface area (TPSA) is 46.0 Å². The largest absolute Gasteiger partial charge is 0.344 e. The molecule has 21 heavy (non-hydrogen) atoms. The van der Waals surface area contributed by atoms with Gasteiger partial charge in [-0.05, 0) is 13.0 Å². The van der Waals surface area contributed by atoms with Crippen molar-refractivity contribution in [3.05, 3.63) is 28.8 Å². The molecule has 2 aromatic heterocycles. The highest BCUT2D eigenvalue weighted by atomic mass is 32.1. The zero-order valence-corrected chi connectivity index (χ0v) is 14.2. The molecule has 0 aliphatic carbocycles. The van der Waals surface area contributed by atoms with E-state index >= 15 is 0 Å². The highest BCUT2D eigenvalue weighted by Gasteiger charge is 2.14. The minimum Gasteiger partial charge on any atom is -0.344 e. The molecule has 2 rings (SSSR count). The Hall–Kier alpha value is -1.40. The van der Waals surface area contributed by atoms with Crippen LogP contribution in [0, 0.1) is 0 Å². The number of imidazole rings is 1. The predicted molar refractivity (Wildman–Crippen MR) is 88.8 cm³/mol. The molecule has 2 aromatic rings. The van der Waals surface area contributed by atoms with Gasteiger partial charge >= 0.3 is 0 Å². The van der Waals surface area contributed by atoms with Gasteiger partial charge in [-0.15, -0.1) is 11.3 Å². The molecule has 0 radical (unpaired) electrons. The maximum Gasteiger partial charge on any atom is 0.185 e. The van der Waals surface area contributed by atoms with Crippen LogP contribution in [-0.4, -0.2) is 28.1 Å². The van der Waals surface area contributed by atoms with E-state index in [9.17, 15) is 0 Å². The normalized spacial score (nSPS) is 11.0. The summed E-state index contributed by atoms with van der Waals surface area (Å²) in [4.78, 5) is 12.8. The summed E-state index contributed by atoms with van der Waals surface area (Å²) in [5, 5.41) is 4.48. The van der Waals surface area contributed by atoms with E-state index in [2.05, 4.69) is 40.7 Å². The average Bonchev–Trinajstić information content (AvgIpc) is 3.04. The Labute approximate surface area is 131 Å². The molecule has 0 fully saturated rings. The zero-order valence-electron chi connectivity index (χ0n) is 13.4. The van der Waals surface area contributed by atoms with Crippen LogP contribution in [0.4, 0.5) is 5.13 Å². The summed E-state index contributed by atoms with van der Waals surface area (Å²) in [7, 11) is 4.11. The first kappa shape index (κ1) is 16.0. The summed E-state index contributed by atoms with van der Waals surface area (Å²) >= 11 is 1.79. The van der Waals surface area contributed by atoms with E-state index in [4.69, 9.17) is 4.98 Å². The van der Waals surface area contributed by atoms with Crippen LogP contribution in [0.3, 0.4) is 0 Å². The standard InChI is InChI=1S/C15H25N5S/c1-5-7-12-13(10-16-6-2)21-15(18-12)20(4)11-14-17-8-9-19(14)3/h8-9,16H,5-7,10-11H2,1-4H3. The number of nitrogens with one attached hydrogen (secondary N) is 1. The Morgan fingerprint density at radius 1 is 1.38 bits per heavy atom. The van der Waals surface area contributed by atoms with Gasteiger partial charge in [-0.25, -0.2) is 9.97 Å². The second-order valence-corrected chi connectivity index (χ2v) is 6.27. The maximum absolute atomic E-state index is 4.83. The van der Waals surface area contributed by atoms with Crippen molar-refractivity contribution in [1.82, 2.24) is 19.9 Å². The highest BCUT2D eigenvalue weighted by molar-refractivity contribution is 7.15. The minimum atomic E-state index is 0.781. The van der Waals surface area contributed by atoms with Crippen molar-refractivity contribution in [1.29, 1.82) is 0 Å². The van der Waals surface area contributed by atoms with Gasteiger partial charge in [0.15, 0.2) is 5.13 Å². The molecule has 0 aliphatic heterocycles. The molecule has 0 saturated carbocycles. The van der Waals surface area contributed by atoms with Gasteiger partial charge in [-0.3, -0.25) is 0 Å². The van der Waals surface area contributed by atoms with E-state index in [1.807, 2.05) is 19.4 Å². The minimum absolute atomic E-state index is 0.781. The molecule has 0 atom stereocenters. The van der Waals surface area contributed by atoms with E-state index in [1.165, 1.54) is 10.6 Å². The number of aryl methyl sites for hydroxylation is 2. The quantitative estimate of drug-likeness (QED) is 0.814. The third-order valence-corrected chi connectivity index (χ3v) is 4.63. The van der Waals surface area contributed by atoms with Gasteiger partial charge in [0.2, 0.25) is 0 Å². The molecule has 0 amide bonds. The first-order valence-electron chi connectivity index (χ1n) is 7.52. The van der Waals surface area contributed by atoms with Crippen LogP contribution >= 0.6 is 11.3 Å². The number of rotatable bonds is 8. The fraction of sp³-hybridized carbons (Fsp3) is 0.600. The summed E-state index contributed by atoms with van der Waals surface area (Å²) in [6.07, 6.45) is 5.99. The van der Waals surface area contributed by atoms with Gasteiger partial charge in [0.05, 0.1) is 12.2 Å². The van der Waals surface area contributed by atoms with Crippen molar-refractivity contribution in [2.45, 2.75) is 39.8 Å². The number of aromatic nitrogens is 3. The lowest BCUT2D eigenvalue weighted by Gasteiger charge is -2.15. The SMILES string of the molecule is CCCc1nc(N(C)Cc2nccn2C)sc1CNCC. The Kier molecular flexibility index (Phi) is 5.76. The summed E-state index contributed by atoms with van der Waals surface area (Å²) in [5.74, 6) is 1.05. The fourth-order valence-electron chi connectivity index (χ4n) is 2.17. The first-order valence-corrected chi connectivity index (χ1v) is 8.34.